The summed E-state index contributed by atoms with van der Waals surface area (Å²) in [6.07, 6.45) is -5.81. The third-order valence-corrected chi connectivity index (χ3v) is 10.6. The molecule has 1 aliphatic rings. The zero-order valence-electron chi connectivity index (χ0n) is 36.1. The van der Waals surface area contributed by atoms with Gasteiger partial charge in [0.2, 0.25) is 17.5 Å². The summed E-state index contributed by atoms with van der Waals surface area (Å²) < 4.78 is 56.6. The van der Waals surface area contributed by atoms with Crippen LogP contribution in [0.15, 0.2) is 167 Å². The van der Waals surface area contributed by atoms with E-state index in [0.29, 0.717) is 23.7 Å². The molecule has 0 bridgehead atoms. The SMILES string of the molecule is CC(=O)OC1[C@H](C)OC(Oc2c(-c3ccc(OCc4ccccc4)cc3)oc3cc(OCc4ccccc4)cc(OCc4ccccc4)c3c2=O)[C@H](OCc2ccccc2)[C@@H]1OC(C)=O. The van der Waals surface area contributed by atoms with E-state index in [2.05, 4.69) is 0 Å². The third kappa shape index (κ3) is 11.2. The van der Waals surface area contributed by atoms with Gasteiger partial charge in [-0.3, -0.25) is 14.4 Å². The van der Waals surface area contributed by atoms with Crippen LogP contribution in [-0.4, -0.2) is 42.6 Å². The molecule has 332 valence electrons. The molecule has 0 saturated carbocycles. The molecule has 2 heterocycles. The number of benzene rings is 6. The number of hydrogen-bond acceptors (Lipinski definition) is 12. The van der Waals surface area contributed by atoms with Crippen molar-refractivity contribution >= 4 is 22.9 Å². The van der Waals surface area contributed by atoms with Gasteiger partial charge in [0.1, 0.15) is 48.0 Å². The van der Waals surface area contributed by atoms with Crippen LogP contribution >= 0.6 is 0 Å². The van der Waals surface area contributed by atoms with Gasteiger partial charge >= 0.3 is 11.9 Å². The smallest absolute Gasteiger partial charge is 0.303 e. The van der Waals surface area contributed by atoms with Crippen LogP contribution in [0.3, 0.4) is 0 Å². The van der Waals surface area contributed by atoms with Crippen LogP contribution in [0, 0.1) is 0 Å². The van der Waals surface area contributed by atoms with Gasteiger partial charge in [-0.15, -0.1) is 0 Å². The Labute approximate surface area is 376 Å². The number of esters is 2. The lowest BCUT2D eigenvalue weighted by molar-refractivity contribution is -0.287. The monoisotopic (exact) mass is 876 g/mol. The molecule has 0 aliphatic carbocycles. The summed E-state index contributed by atoms with van der Waals surface area (Å²) in [6.45, 7) is 4.88. The first-order valence-corrected chi connectivity index (χ1v) is 21.3. The molecule has 5 atom stereocenters. The van der Waals surface area contributed by atoms with Crippen molar-refractivity contribution in [3.63, 3.8) is 0 Å². The van der Waals surface area contributed by atoms with Crippen LogP contribution in [0.1, 0.15) is 43.0 Å². The average Bonchev–Trinajstić information content (AvgIpc) is 3.32. The minimum absolute atomic E-state index is 0.0283. The molecule has 2 unspecified atom stereocenters. The lowest BCUT2D eigenvalue weighted by atomic mass is 9.98. The third-order valence-electron chi connectivity index (χ3n) is 10.6. The lowest BCUT2D eigenvalue weighted by Gasteiger charge is -2.43. The van der Waals surface area contributed by atoms with E-state index in [1.807, 2.05) is 121 Å². The van der Waals surface area contributed by atoms with Crippen molar-refractivity contribution in [2.24, 2.45) is 0 Å². The van der Waals surface area contributed by atoms with Crippen molar-refractivity contribution in [3.05, 3.63) is 190 Å². The van der Waals surface area contributed by atoms with Gasteiger partial charge in [-0.05, 0) is 53.4 Å². The maximum absolute atomic E-state index is 15.3. The molecule has 65 heavy (non-hydrogen) atoms. The van der Waals surface area contributed by atoms with E-state index in [1.54, 1.807) is 43.3 Å². The zero-order valence-corrected chi connectivity index (χ0v) is 36.1. The highest BCUT2D eigenvalue weighted by atomic mass is 16.7. The molecule has 12 heteroatoms. The first-order chi connectivity index (χ1) is 31.7. The number of ether oxygens (including phenoxy) is 8. The topological polar surface area (TPSA) is 138 Å². The highest BCUT2D eigenvalue weighted by molar-refractivity contribution is 5.88. The van der Waals surface area contributed by atoms with E-state index < -0.39 is 48.1 Å². The second kappa shape index (κ2) is 20.8. The van der Waals surface area contributed by atoms with Crippen LogP contribution < -0.4 is 24.4 Å². The van der Waals surface area contributed by atoms with Crippen LogP contribution in [-0.2, 0) is 55.0 Å². The summed E-state index contributed by atoms with van der Waals surface area (Å²) in [6, 6.07) is 48.7. The molecular weight excluding hydrogens is 829 g/mol. The predicted octanol–water partition coefficient (Wildman–Crippen LogP) is 9.77. The van der Waals surface area contributed by atoms with Crippen molar-refractivity contribution in [3.8, 4) is 34.3 Å². The number of hydrogen-bond donors (Lipinski definition) is 0. The first kappa shape index (κ1) is 44.2. The van der Waals surface area contributed by atoms with Crippen molar-refractivity contribution in [2.75, 3.05) is 0 Å². The minimum atomic E-state index is -1.40. The quantitative estimate of drug-likeness (QED) is 0.0806. The fourth-order valence-electron chi connectivity index (χ4n) is 7.46. The number of rotatable bonds is 17. The summed E-state index contributed by atoms with van der Waals surface area (Å²) in [5.74, 6) is -0.294. The van der Waals surface area contributed by atoms with Gasteiger partial charge in [0.25, 0.3) is 0 Å². The Morgan fingerprint density at radius 1 is 0.554 bits per heavy atom. The number of fused-ring (bicyclic) bond motifs is 1. The second-order valence-corrected chi connectivity index (χ2v) is 15.5. The molecule has 6 aromatic carbocycles. The van der Waals surface area contributed by atoms with Gasteiger partial charge in [-0.25, -0.2) is 0 Å². The zero-order chi connectivity index (χ0) is 45.1. The van der Waals surface area contributed by atoms with Crippen LogP contribution in [0.5, 0.6) is 23.0 Å². The average molecular weight is 877 g/mol. The van der Waals surface area contributed by atoms with E-state index >= 15 is 4.79 Å². The standard InChI is InChI=1S/C53H48O12/c1-34-48(62-35(2)54)51(63-36(3)55)52(60-33-40-22-14-7-15-23-40)53(61-34)65-50-47(56)46-44(59-32-39-20-12-6-13-21-39)28-43(58-31-38-18-10-5-11-19-38)29-45(46)64-49(50)41-24-26-42(27-25-41)57-30-37-16-8-4-9-17-37/h4-29,34,48,51-53H,30-33H2,1-3H3/t34-,48?,51+,52+,53?/m0/s1. The minimum Gasteiger partial charge on any atom is -0.489 e. The summed E-state index contributed by atoms with van der Waals surface area (Å²) in [7, 11) is 0. The van der Waals surface area contributed by atoms with E-state index in [-0.39, 0.29) is 48.0 Å². The van der Waals surface area contributed by atoms with E-state index in [9.17, 15) is 9.59 Å². The Morgan fingerprint density at radius 3 is 1.58 bits per heavy atom. The second-order valence-electron chi connectivity index (χ2n) is 15.5. The summed E-state index contributed by atoms with van der Waals surface area (Å²) in [4.78, 5) is 40.4. The predicted molar refractivity (Wildman–Crippen MR) is 241 cm³/mol. The Bertz CT molecular complexity index is 2720. The summed E-state index contributed by atoms with van der Waals surface area (Å²) >= 11 is 0. The molecule has 1 saturated heterocycles. The Hall–Kier alpha value is -7.41. The molecule has 7 aromatic rings. The van der Waals surface area contributed by atoms with Crippen molar-refractivity contribution in [1.82, 2.24) is 0 Å². The van der Waals surface area contributed by atoms with Gasteiger partial charge in [-0.2, -0.15) is 0 Å². The van der Waals surface area contributed by atoms with Crippen molar-refractivity contribution in [2.45, 2.75) is 77.9 Å². The van der Waals surface area contributed by atoms with Crippen LogP contribution in [0.2, 0.25) is 0 Å². The number of carbonyl (C=O) groups is 2. The van der Waals surface area contributed by atoms with E-state index in [1.165, 1.54) is 13.8 Å². The maximum Gasteiger partial charge on any atom is 0.303 e. The van der Waals surface area contributed by atoms with Gasteiger partial charge in [-0.1, -0.05) is 121 Å². The Kier molecular flexibility index (Phi) is 14.2. The lowest BCUT2D eigenvalue weighted by Crippen LogP contribution is -2.61. The molecule has 0 radical (unpaired) electrons. The van der Waals surface area contributed by atoms with Gasteiger partial charge in [0, 0.05) is 31.5 Å². The Morgan fingerprint density at radius 2 is 1.05 bits per heavy atom. The van der Waals surface area contributed by atoms with Crippen LogP contribution in [0.25, 0.3) is 22.3 Å². The largest absolute Gasteiger partial charge is 0.489 e. The fourth-order valence-corrected chi connectivity index (χ4v) is 7.46. The molecule has 1 fully saturated rings. The maximum atomic E-state index is 15.3. The Balaban J connectivity index is 1.24. The first-order valence-electron chi connectivity index (χ1n) is 21.3. The normalized spacial score (nSPS) is 18.0. The van der Waals surface area contributed by atoms with Crippen LogP contribution in [0.4, 0.5) is 0 Å². The molecule has 1 aliphatic heterocycles. The van der Waals surface area contributed by atoms with Crippen molar-refractivity contribution in [1.29, 1.82) is 0 Å². The highest BCUT2D eigenvalue weighted by Gasteiger charge is 2.51. The van der Waals surface area contributed by atoms with E-state index in [4.69, 9.17) is 42.3 Å². The molecular formula is C53H48O12. The van der Waals surface area contributed by atoms with Gasteiger partial charge in [0.05, 0.1) is 12.7 Å². The fraction of sp³-hybridized carbons (Fsp3) is 0.226. The molecule has 12 nitrogen and oxygen atoms in total. The summed E-state index contributed by atoms with van der Waals surface area (Å²) in [5, 5.41) is 0.0782. The highest BCUT2D eigenvalue weighted by Crippen LogP contribution is 2.40. The summed E-state index contributed by atoms with van der Waals surface area (Å²) in [5.41, 5.74) is 3.64. The number of carbonyl (C=O) groups excluding carboxylic acids is 2. The van der Waals surface area contributed by atoms with Crippen molar-refractivity contribution < 1.29 is 51.9 Å². The van der Waals surface area contributed by atoms with E-state index in [0.717, 1.165) is 22.3 Å². The molecule has 0 spiro atoms. The van der Waals surface area contributed by atoms with Gasteiger partial charge in [0.15, 0.2) is 24.1 Å². The van der Waals surface area contributed by atoms with Gasteiger partial charge < -0.3 is 42.3 Å². The molecule has 8 rings (SSSR count). The molecule has 0 amide bonds. The molecule has 1 aromatic heterocycles. The molecule has 0 N–H and O–H groups in total.